The third kappa shape index (κ3) is 3.36. The van der Waals surface area contributed by atoms with E-state index in [2.05, 4.69) is 17.2 Å². The number of aliphatic hydroxyl groups is 1. The quantitative estimate of drug-likeness (QED) is 0.787. The predicted octanol–water partition coefficient (Wildman–Crippen LogP) is 1.95. The lowest BCUT2D eigenvalue weighted by Gasteiger charge is -2.23. The van der Waals surface area contributed by atoms with Gasteiger partial charge in [0.25, 0.3) is 0 Å². The summed E-state index contributed by atoms with van der Waals surface area (Å²) in [5.41, 5.74) is 1.21. The molecule has 3 nitrogen and oxygen atoms in total. The first-order chi connectivity index (χ1) is 6.55. The van der Waals surface area contributed by atoms with Crippen molar-refractivity contribution < 1.29 is 5.11 Å². The van der Waals surface area contributed by atoms with Crippen LogP contribution in [-0.4, -0.2) is 22.2 Å². The van der Waals surface area contributed by atoms with Crippen LogP contribution >= 0.6 is 11.3 Å². The maximum Gasteiger partial charge on any atom is 0.0794 e. The van der Waals surface area contributed by atoms with Crippen LogP contribution in [-0.2, 0) is 0 Å². The van der Waals surface area contributed by atoms with E-state index in [9.17, 15) is 5.11 Å². The molecule has 0 aromatic carbocycles. The molecule has 0 saturated carbocycles. The lowest BCUT2D eigenvalue weighted by atomic mass is 10.0. The van der Waals surface area contributed by atoms with Gasteiger partial charge in [0.05, 0.1) is 11.1 Å². The molecule has 0 bridgehead atoms. The number of hydrogen-bond donors (Lipinski definition) is 2. The van der Waals surface area contributed by atoms with Crippen molar-refractivity contribution in [2.24, 2.45) is 0 Å². The maximum atomic E-state index is 9.79. The van der Waals surface area contributed by atoms with Crippen molar-refractivity contribution in [2.45, 2.75) is 38.8 Å². The van der Waals surface area contributed by atoms with Crippen molar-refractivity contribution in [1.82, 2.24) is 10.3 Å². The van der Waals surface area contributed by atoms with Crippen LogP contribution in [0.15, 0.2) is 11.7 Å². The SMILES string of the molecule is CCC(C)(O)CNC(C)c1cncs1. The summed E-state index contributed by atoms with van der Waals surface area (Å²) in [5.74, 6) is 0. The van der Waals surface area contributed by atoms with Crippen LogP contribution in [0.3, 0.4) is 0 Å². The number of rotatable bonds is 5. The highest BCUT2D eigenvalue weighted by Crippen LogP contribution is 2.17. The summed E-state index contributed by atoms with van der Waals surface area (Å²) in [5, 5.41) is 13.1. The molecular weight excluding hydrogens is 196 g/mol. The minimum atomic E-state index is -0.612. The van der Waals surface area contributed by atoms with Gasteiger partial charge < -0.3 is 10.4 Å². The molecule has 0 spiro atoms. The number of nitrogens with one attached hydrogen (secondary N) is 1. The number of hydrogen-bond acceptors (Lipinski definition) is 4. The average molecular weight is 214 g/mol. The Morgan fingerprint density at radius 2 is 2.43 bits per heavy atom. The topological polar surface area (TPSA) is 45.1 Å². The maximum absolute atomic E-state index is 9.79. The highest BCUT2D eigenvalue weighted by Gasteiger charge is 2.18. The molecule has 0 amide bonds. The zero-order chi connectivity index (χ0) is 10.6. The summed E-state index contributed by atoms with van der Waals surface area (Å²) in [6.07, 6.45) is 2.62. The summed E-state index contributed by atoms with van der Waals surface area (Å²) in [6.45, 7) is 6.53. The van der Waals surface area contributed by atoms with E-state index >= 15 is 0 Å². The van der Waals surface area contributed by atoms with Crippen molar-refractivity contribution in [1.29, 1.82) is 0 Å². The molecule has 1 heterocycles. The number of nitrogens with zero attached hydrogens (tertiary/aromatic N) is 1. The van der Waals surface area contributed by atoms with Crippen LogP contribution in [0.4, 0.5) is 0 Å². The molecule has 0 aliphatic heterocycles. The van der Waals surface area contributed by atoms with Gasteiger partial charge >= 0.3 is 0 Å². The van der Waals surface area contributed by atoms with Crippen LogP contribution < -0.4 is 5.32 Å². The average Bonchev–Trinajstić information content (AvgIpc) is 2.67. The molecule has 1 aromatic heterocycles. The third-order valence-electron chi connectivity index (χ3n) is 2.43. The Kier molecular flexibility index (Phi) is 4.04. The molecule has 2 N–H and O–H groups in total. The largest absolute Gasteiger partial charge is 0.389 e. The van der Waals surface area contributed by atoms with Crippen molar-refractivity contribution in [2.75, 3.05) is 6.54 Å². The summed E-state index contributed by atoms with van der Waals surface area (Å²) in [6, 6.07) is 0.264. The molecular formula is C10H18N2OS. The van der Waals surface area contributed by atoms with Crippen LogP contribution in [0.1, 0.15) is 38.1 Å². The molecule has 2 atom stereocenters. The van der Waals surface area contributed by atoms with E-state index in [0.717, 1.165) is 6.42 Å². The standard InChI is InChI=1S/C10H18N2OS/c1-4-10(3,13)6-12-8(2)9-5-11-7-14-9/h5,7-8,12-13H,4,6H2,1-3H3. The van der Waals surface area contributed by atoms with E-state index in [1.165, 1.54) is 4.88 Å². The highest BCUT2D eigenvalue weighted by molar-refractivity contribution is 7.09. The molecule has 1 aromatic rings. The second-order valence-corrected chi connectivity index (χ2v) is 4.77. The van der Waals surface area contributed by atoms with Gasteiger partial charge in [0, 0.05) is 23.7 Å². The summed E-state index contributed by atoms with van der Waals surface area (Å²) in [7, 11) is 0. The van der Waals surface area contributed by atoms with E-state index in [1.807, 2.05) is 25.6 Å². The zero-order valence-electron chi connectivity index (χ0n) is 8.95. The van der Waals surface area contributed by atoms with E-state index in [1.54, 1.807) is 11.3 Å². The van der Waals surface area contributed by atoms with Crippen molar-refractivity contribution >= 4 is 11.3 Å². The number of thiazole rings is 1. The first kappa shape index (κ1) is 11.6. The zero-order valence-corrected chi connectivity index (χ0v) is 9.77. The van der Waals surface area contributed by atoms with Gasteiger partial charge in [-0.25, -0.2) is 0 Å². The van der Waals surface area contributed by atoms with Gasteiger partial charge in [-0.2, -0.15) is 0 Å². The Balaban J connectivity index is 2.39. The molecule has 0 aliphatic rings. The van der Waals surface area contributed by atoms with Crippen LogP contribution in [0, 0.1) is 0 Å². The van der Waals surface area contributed by atoms with E-state index in [-0.39, 0.29) is 6.04 Å². The van der Waals surface area contributed by atoms with Gasteiger partial charge in [-0.3, -0.25) is 4.98 Å². The summed E-state index contributed by atoms with van der Waals surface area (Å²) < 4.78 is 0. The first-order valence-corrected chi connectivity index (χ1v) is 5.77. The minimum Gasteiger partial charge on any atom is -0.389 e. The van der Waals surface area contributed by atoms with Gasteiger partial charge in [-0.15, -0.1) is 11.3 Å². The van der Waals surface area contributed by atoms with Gasteiger partial charge in [-0.05, 0) is 20.3 Å². The fourth-order valence-corrected chi connectivity index (χ4v) is 1.69. The van der Waals surface area contributed by atoms with Gasteiger partial charge in [0.1, 0.15) is 0 Å². The van der Waals surface area contributed by atoms with Crippen molar-refractivity contribution in [3.8, 4) is 0 Å². The fourth-order valence-electron chi connectivity index (χ4n) is 1.04. The van der Waals surface area contributed by atoms with Crippen molar-refractivity contribution in [3.63, 3.8) is 0 Å². The normalized spacial score (nSPS) is 17.7. The lowest BCUT2D eigenvalue weighted by molar-refractivity contribution is 0.0534. The van der Waals surface area contributed by atoms with E-state index in [0.29, 0.717) is 6.54 Å². The van der Waals surface area contributed by atoms with Crippen LogP contribution in [0.25, 0.3) is 0 Å². The lowest BCUT2D eigenvalue weighted by Crippen LogP contribution is -2.38. The highest BCUT2D eigenvalue weighted by atomic mass is 32.1. The predicted molar refractivity (Wildman–Crippen MR) is 59.4 cm³/mol. The Morgan fingerprint density at radius 1 is 1.71 bits per heavy atom. The van der Waals surface area contributed by atoms with Crippen LogP contribution in [0.2, 0.25) is 0 Å². The molecule has 1 rings (SSSR count). The molecule has 0 aliphatic carbocycles. The van der Waals surface area contributed by atoms with Crippen LogP contribution in [0.5, 0.6) is 0 Å². The second kappa shape index (κ2) is 4.87. The fraction of sp³-hybridized carbons (Fsp3) is 0.700. The van der Waals surface area contributed by atoms with E-state index < -0.39 is 5.60 Å². The number of aromatic nitrogens is 1. The summed E-state index contributed by atoms with van der Waals surface area (Å²) >= 11 is 1.63. The monoisotopic (exact) mass is 214 g/mol. The molecule has 0 fully saturated rings. The summed E-state index contributed by atoms with van der Waals surface area (Å²) in [4.78, 5) is 5.23. The Labute approximate surface area is 89.2 Å². The minimum absolute atomic E-state index is 0.264. The van der Waals surface area contributed by atoms with Gasteiger partial charge in [-0.1, -0.05) is 6.92 Å². The van der Waals surface area contributed by atoms with Gasteiger partial charge in [0.15, 0.2) is 0 Å². The van der Waals surface area contributed by atoms with E-state index in [4.69, 9.17) is 0 Å². The molecule has 80 valence electrons. The first-order valence-electron chi connectivity index (χ1n) is 4.89. The molecule has 0 saturated heterocycles. The Morgan fingerprint density at radius 3 is 2.93 bits per heavy atom. The smallest absolute Gasteiger partial charge is 0.0794 e. The van der Waals surface area contributed by atoms with Gasteiger partial charge in [0.2, 0.25) is 0 Å². The molecule has 4 heteroatoms. The Bertz CT molecular complexity index is 259. The molecule has 14 heavy (non-hydrogen) atoms. The third-order valence-corrected chi connectivity index (χ3v) is 3.39. The molecule has 2 unspecified atom stereocenters. The molecule has 0 radical (unpaired) electrons. The Hall–Kier alpha value is -0.450. The van der Waals surface area contributed by atoms with Crippen molar-refractivity contribution in [3.05, 3.63) is 16.6 Å². The second-order valence-electron chi connectivity index (χ2n) is 3.86.